The molecule has 1 amide bonds. The summed E-state index contributed by atoms with van der Waals surface area (Å²) < 4.78 is 5.82. The molecule has 4 N–H and O–H groups in total. The van der Waals surface area contributed by atoms with Crippen LogP contribution in [-0.2, 0) is 19.1 Å². The second-order valence-electron chi connectivity index (χ2n) is 15.4. The molecule has 49 heavy (non-hydrogen) atoms. The van der Waals surface area contributed by atoms with Gasteiger partial charge in [0.05, 0.1) is 6.42 Å². The molecular formula is C42H80N2O5. The highest BCUT2D eigenvalue weighted by Crippen LogP contribution is 2.45. The van der Waals surface area contributed by atoms with Gasteiger partial charge in [-0.05, 0) is 56.9 Å². The highest BCUT2D eigenvalue weighted by Gasteiger charge is 2.35. The maximum Gasteiger partial charge on any atom is 0.326 e. The first-order valence-electron chi connectivity index (χ1n) is 21.3. The molecular weight excluding hydrogens is 612 g/mol. The molecule has 0 spiro atoms. The van der Waals surface area contributed by atoms with Crippen molar-refractivity contribution in [3.8, 4) is 0 Å². The fraction of sp³-hybridized carbons (Fsp3) is 0.929. The van der Waals surface area contributed by atoms with Crippen molar-refractivity contribution in [2.45, 2.75) is 231 Å². The zero-order valence-electron chi connectivity index (χ0n) is 32.3. The molecule has 0 aromatic heterocycles. The fourth-order valence-electron chi connectivity index (χ4n) is 7.29. The lowest BCUT2D eigenvalue weighted by Crippen LogP contribution is -2.42. The lowest BCUT2D eigenvalue weighted by atomic mass is 10.0. The van der Waals surface area contributed by atoms with Gasteiger partial charge in [-0.3, -0.25) is 9.59 Å². The summed E-state index contributed by atoms with van der Waals surface area (Å²) in [7, 11) is 0. The summed E-state index contributed by atoms with van der Waals surface area (Å²) in [5.74, 6) is 0.376. The number of nitrogens with one attached hydrogen (secondary N) is 1. The van der Waals surface area contributed by atoms with Gasteiger partial charge in [-0.25, -0.2) is 4.79 Å². The summed E-state index contributed by atoms with van der Waals surface area (Å²) in [4.78, 5) is 37.1. The maximum atomic E-state index is 12.8. The molecule has 0 saturated heterocycles. The number of carbonyl (C=O) groups excluding carboxylic acids is 2. The molecule has 7 heteroatoms. The van der Waals surface area contributed by atoms with Crippen molar-refractivity contribution in [1.29, 1.82) is 0 Å². The smallest absolute Gasteiger partial charge is 0.326 e. The standard InChI is InChI=1S/C42H80N2O5/c1-3-5-7-9-10-11-12-13-14-15-18-21-25-30-38(35-40(45)44-39(42(47)48)31-27-33-43)49-41(46)32-26-22-19-16-17-20-24-29-37-34-36(37)28-23-8-6-4-2/h36-39H,3-35,43H2,1-2H3,(H,44,45)(H,47,48)/t36?,37?,38?,39-/m1/s1. The van der Waals surface area contributed by atoms with Crippen molar-refractivity contribution in [2.24, 2.45) is 17.6 Å². The van der Waals surface area contributed by atoms with E-state index < -0.39 is 18.1 Å². The van der Waals surface area contributed by atoms with Gasteiger partial charge in [0.25, 0.3) is 0 Å². The summed E-state index contributed by atoms with van der Waals surface area (Å²) in [5, 5.41) is 12.1. The number of unbranched alkanes of at least 4 members (excludes halogenated alkanes) is 21. The number of ether oxygens (including phenoxy) is 1. The topological polar surface area (TPSA) is 119 Å². The summed E-state index contributed by atoms with van der Waals surface area (Å²) in [6, 6.07) is -0.963. The van der Waals surface area contributed by atoms with Gasteiger partial charge < -0.3 is 20.9 Å². The van der Waals surface area contributed by atoms with E-state index in [1.807, 2.05) is 0 Å². The minimum absolute atomic E-state index is 0.0108. The summed E-state index contributed by atoms with van der Waals surface area (Å²) >= 11 is 0. The molecule has 1 saturated carbocycles. The number of carboxylic acid groups (broad SMARTS) is 1. The first kappa shape index (κ1) is 45.4. The van der Waals surface area contributed by atoms with Crippen LogP contribution in [0.3, 0.4) is 0 Å². The molecule has 0 heterocycles. The SMILES string of the molecule is CCCCCCCCCCCCCCCC(CC(=O)N[C@H](CCCN)C(=O)O)OC(=O)CCCCCCCCCC1CC1CCCCCC. The Hall–Kier alpha value is -1.63. The van der Waals surface area contributed by atoms with Gasteiger partial charge in [-0.2, -0.15) is 0 Å². The number of aliphatic carboxylic acids is 1. The molecule has 7 nitrogen and oxygen atoms in total. The van der Waals surface area contributed by atoms with Gasteiger partial charge >= 0.3 is 11.9 Å². The van der Waals surface area contributed by atoms with E-state index in [4.69, 9.17) is 10.5 Å². The Bertz CT molecular complexity index is 806. The number of carbonyl (C=O) groups is 3. The minimum atomic E-state index is -1.06. The predicted octanol–water partition coefficient (Wildman–Crippen LogP) is 11.2. The third-order valence-electron chi connectivity index (χ3n) is 10.6. The average Bonchev–Trinajstić information content (AvgIpc) is 3.83. The molecule has 1 rings (SSSR count). The van der Waals surface area contributed by atoms with Crippen LogP contribution in [0.5, 0.6) is 0 Å². The number of esters is 1. The van der Waals surface area contributed by atoms with Gasteiger partial charge in [-0.1, -0.05) is 168 Å². The van der Waals surface area contributed by atoms with Crippen LogP contribution < -0.4 is 11.1 Å². The fourth-order valence-corrected chi connectivity index (χ4v) is 7.29. The third kappa shape index (κ3) is 27.7. The number of amides is 1. The Morgan fingerprint density at radius 2 is 1.08 bits per heavy atom. The van der Waals surface area contributed by atoms with Crippen LogP contribution in [0.1, 0.15) is 219 Å². The van der Waals surface area contributed by atoms with Crippen LogP contribution in [-0.4, -0.2) is 41.6 Å². The number of hydrogen-bond acceptors (Lipinski definition) is 5. The second-order valence-corrected chi connectivity index (χ2v) is 15.4. The highest BCUT2D eigenvalue weighted by molar-refractivity contribution is 5.84. The number of nitrogens with two attached hydrogens (primary N) is 1. The Labute approximate surface area is 302 Å². The second kappa shape index (κ2) is 32.3. The third-order valence-corrected chi connectivity index (χ3v) is 10.6. The average molecular weight is 693 g/mol. The Morgan fingerprint density at radius 1 is 0.633 bits per heavy atom. The van der Waals surface area contributed by atoms with E-state index in [0.29, 0.717) is 32.2 Å². The number of rotatable bonds is 37. The molecule has 1 fully saturated rings. The minimum Gasteiger partial charge on any atom is -0.480 e. The van der Waals surface area contributed by atoms with Crippen LogP contribution >= 0.6 is 0 Å². The first-order valence-corrected chi connectivity index (χ1v) is 21.3. The van der Waals surface area contributed by atoms with Crippen LogP contribution in [0, 0.1) is 11.8 Å². The molecule has 1 aliphatic carbocycles. The first-order chi connectivity index (χ1) is 23.9. The van der Waals surface area contributed by atoms with E-state index in [0.717, 1.165) is 50.4 Å². The van der Waals surface area contributed by atoms with E-state index in [1.54, 1.807) is 0 Å². The van der Waals surface area contributed by atoms with Crippen molar-refractivity contribution >= 4 is 17.8 Å². The maximum absolute atomic E-state index is 12.8. The monoisotopic (exact) mass is 693 g/mol. The van der Waals surface area contributed by atoms with Crippen molar-refractivity contribution in [3.63, 3.8) is 0 Å². The Morgan fingerprint density at radius 3 is 1.57 bits per heavy atom. The molecule has 288 valence electrons. The van der Waals surface area contributed by atoms with Gasteiger partial charge in [0, 0.05) is 6.42 Å². The predicted molar refractivity (Wildman–Crippen MR) is 205 cm³/mol. The van der Waals surface area contributed by atoms with Crippen molar-refractivity contribution in [3.05, 3.63) is 0 Å². The largest absolute Gasteiger partial charge is 0.480 e. The Kier molecular flexibility index (Phi) is 29.9. The molecule has 0 radical (unpaired) electrons. The van der Waals surface area contributed by atoms with Gasteiger partial charge in [-0.15, -0.1) is 0 Å². The summed E-state index contributed by atoms with van der Waals surface area (Å²) in [6.45, 7) is 4.92. The zero-order valence-corrected chi connectivity index (χ0v) is 32.3. The molecule has 4 atom stereocenters. The molecule has 0 aromatic carbocycles. The molecule has 0 bridgehead atoms. The van der Waals surface area contributed by atoms with E-state index in [9.17, 15) is 19.5 Å². The highest BCUT2D eigenvalue weighted by atomic mass is 16.5. The normalized spacial score (nSPS) is 16.7. The van der Waals surface area contributed by atoms with Gasteiger partial charge in [0.15, 0.2) is 0 Å². The number of hydrogen-bond donors (Lipinski definition) is 3. The van der Waals surface area contributed by atoms with E-state index in [1.165, 1.54) is 135 Å². The van der Waals surface area contributed by atoms with Crippen LogP contribution in [0.15, 0.2) is 0 Å². The van der Waals surface area contributed by atoms with E-state index in [2.05, 4.69) is 19.2 Å². The number of carboxylic acids is 1. The molecule has 0 aliphatic heterocycles. The van der Waals surface area contributed by atoms with E-state index in [-0.39, 0.29) is 18.3 Å². The van der Waals surface area contributed by atoms with Crippen molar-refractivity contribution in [2.75, 3.05) is 6.54 Å². The zero-order chi connectivity index (χ0) is 35.8. The molecule has 3 unspecified atom stereocenters. The summed E-state index contributed by atoms with van der Waals surface area (Å²) in [6.07, 6.45) is 35.9. The molecule has 1 aliphatic rings. The summed E-state index contributed by atoms with van der Waals surface area (Å²) in [5.41, 5.74) is 5.54. The molecule has 0 aromatic rings. The lowest BCUT2D eigenvalue weighted by molar-refractivity contribution is -0.151. The van der Waals surface area contributed by atoms with Crippen LogP contribution in [0.4, 0.5) is 0 Å². The van der Waals surface area contributed by atoms with Gasteiger partial charge in [0.1, 0.15) is 12.1 Å². The van der Waals surface area contributed by atoms with Crippen molar-refractivity contribution in [1.82, 2.24) is 5.32 Å². The van der Waals surface area contributed by atoms with Crippen LogP contribution in [0.2, 0.25) is 0 Å². The quantitative estimate of drug-likeness (QED) is 0.0440. The lowest BCUT2D eigenvalue weighted by Gasteiger charge is -2.20. The van der Waals surface area contributed by atoms with E-state index >= 15 is 0 Å². The Balaban J connectivity index is 2.25. The van der Waals surface area contributed by atoms with Gasteiger partial charge in [0.2, 0.25) is 5.91 Å². The van der Waals surface area contributed by atoms with Crippen LogP contribution in [0.25, 0.3) is 0 Å². The van der Waals surface area contributed by atoms with Crippen molar-refractivity contribution < 1.29 is 24.2 Å².